The van der Waals surface area contributed by atoms with Crippen LogP contribution in [0.3, 0.4) is 0 Å². The van der Waals surface area contributed by atoms with Gasteiger partial charge in [-0.2, -0.15) is 0 Å². The molecule has 0 N–H and O–H groups in total. The predicted molar refractivity (Wildman–Crippen MR) is 51.3 cm³/mol. The van der Waals surface area contributed by atoms with E-state index >= 15 is 0 Å². The van der Waals surface area contributed by atoms with Gasteiger partial charge in [0.05, 0.1) is 12.7 Å². The Balaban J connectivity index is 1.89. The Morgan fingerprint density at radius 3 is 2.62 bits per heavy atom. The Morgan fingerprint density at radius 1 is 1.31 bits per heavy atom. The van der Waals surface area contributed by atoms with Crippen molar-refractivity contribution in [3.63, 3.8) is 0 Å². The molecule has 0 bridgehead atoms. The SMILES string of the molecule is C[C@]12CO[C@@H](c3ccccc3)[C@H]1C2. The van der Waals surface area contributed by atoms with E-state index in [1.165, 1.54) is 12.0 Å². The standard InChI is InChI=1S/C12H14O/c1-12-7-10(12)11(13-8-12)9-5-3-2-4-6-9/h2-6,10-11H,7-8H2,1H3/t10-,11+,12+/m1/s1. The minimum Gasteiger partial charge on any atom is -0.373 e. The molecule has 1 aromatic rings. The molecule has 0 unspecified atom stereocenters. The second-order valence-corrected chi connectivity index (χ2v) is 4.61. The van der Waals surface area contributed by atoms with Crippen LogP contribution in [-0.4, -0.2) is 6.61 Å². The average Bonchev–Trinajstić information content (AvgIpc) is 2.71. The van der Waals surface area contributed by atoms with E-state index in [0.29, 0.717) is 11.5 Å². The molecule has 1 saturated heterocycles. The largest absolute Gasteiger partial charge is 0.373 e. The summed E-state index contributed by atoms with van der Waals surface area (Å²) < 4.78 is 5.80. The highest BCUT2D eigenvalue weighted by molar-refractivity contribution is 5.24. The Morgan fingerprint density at radius 2 is 2.08 bits per heavy atom. The van der Waals surface area contributed by atoms with E-state index in [-0.39, 0.29) is 0 Å². The van der Waals surface area contributed by atoms with Crippen LogP contribution in [0.2, 0.25) is 0 Å². The number of fused-ring (bicyclic) bond motifs is 1. The molecule has 68 valence electrons. The predicted octanol–water partition coefficient (Wildman–Crippen LogP) is 2.78. The molecule has 1 nitrogen and oxygen atoms in total. The average molecular weight is 174 g/mol. The molecule has 1 aliphatic carbocycles. The molecule has 0 aromatic heterocycles. The van der Waals surface area contributed by atoms with E-state index in [1.54, 1.807) is 0 Å². The van der Waals surface area contributed by atoms with Crippen LogP contribution in [0.4, 0.5) is 0 Å². The van der Waals surface area contributed by atoms with Crippen molar-refractivity contribution in [2.45, 2.75) is 19.4 Å². The third kappa shape index (κ3) is 1.03. The fourth-order valence-corrected chi connectivity index (χ4v) is 2.45. The van der Waals surface area contributed by atoms with Gasteiger partial charge in [0.2, 0.25) is 0 Å². The summed E-state index contributed by atoms with van der Waals surface area (Å²) >= 11 is 0. The van der Waals surface area contributed by atoms with Crippen LogP contribution in [0.25, 0.3) is 0 Å². The van der Waals surface area contributed by atoms with Crippen LogP contribution < -0.4 is 0 Å². The van der Waals surface area contributed by atoms with Crippen LogP contribution in [-0.2, 0) is 4.74 Å². The first-order chi connectivity index (χ1) is 6.30. The molecule has 1 saturated carbocycles. The molecule has 2 fully saturated rings. The van der Waals surface area contributed by atoms with Crippen molar-refractivity contribution < 1.29 is 4.74 Å². The Labute approximate surface area is 78.7 Å². The van der Waals surface area contributed by atoms with Gasteiger partial charge in [-0.3, -0.25) is 0 Å². The first-order valence-electron chi connectivity index (χ1n) is 4.96. The monoisotopic (exact) mass is 174 g/mol. The molecule has 3 atom stereocenters. The molecule has 0 amide bonds. The summed E-state index contributed by atoms with van der Waals surface area (Å²) in [4.78, 5) is 0. The fraction of sp³-hybridized carbons (Fsp3) is 0.500. The lowest BCUT2D eigenvalue weighted by atomic mass is 10.0. The van der Waals surface area contributed by atoms with Gasteiger partial charge >= 0.3 is 0 Å². The summed E-state index contributed by atoms with van der Waals surface area (Å²) in [6.45, 7) is 3.29. The molecular formula is C12H14O. The number of benzene rings is 1. The van der Waals surface area contributed by atoms with Gasteiger partial charge in [0.15, 0.2) is 0 Å². The highest BCUT2D eigenvalue weighted by atomic mass is 16.5. The summed E-state index contributed by atoms with van der Waals surface area (Å²) in [7, 11) is 0. The van der Waals surface area contributed by atoms with Gasteiger partial charge in [0, 0.05) is 0 Å². The number of hydrogen-bond donors (Lipinski definition) is 0. The third-order valence-electron chi connectivity index (χ3n) is 3.51. The molecule has 1 aromatic carbocycles. The summed E-state index contributed by atoms with van der Waals surface area (Å²) in [5.41, 5.74) is 1.87. The van der Waals surface area contributed by atoms with Gasteiger partial charge in [0.1, 0.15) is 0 Å². The van der Waals surface area contributed by atoms with Crippen molar-refractivity contribution in [1.29, 1.82) is 0 Å². The van der Waals surface area contributed by atoms with Crippen LogP contribution in [0.1, 0.15) is 25.0 Å². The fourth-order valence-electron chi connectivity index (χ4n) is 2.45. The van der Waals surface area contributed by atoms with Crippen molar-refractivity contribution in [3.05, 3.63) is 35.9 Å². The smallest absolute Gasteiger partial charge is 0.0859 e. The first kappa shape index (κ1) is 7.57. The zero-order valence-electron chi connectivity index (χ0n) is 7.86. The van der Waals surface area contributed by atoms with Crippen molar-refractivity contribution in [2.24, 2.45) is 11.3 Å². The molecule has 13 heavy (non-hydrogen) atoms. The van der Waals surface area contributed by atoms with Gasteiger partial charge in [-0.25, -0.2) is 0 Å². The molecule has 0 radical (unpaired) electrons. The van der Waals surface area contributed by atoms with Gasteiger partial charge < -0.3 is 4.74 Å². The minimum absolute atomic E-state index is 0.381. The summed E-state index contributed by atoms with van der Waals surface area (Å²) in [6, 6.07) is 10.6. The number of hydrogen-bond acceptors (Lipinski definition) is 1. The molecular weight excluding hydrogens is 160 g/mol. The number of rotatable bonds is 1. The van der Waals surface area contributed by atoms with Crippen molar-refractivity contribution in [2.75, 3.05) is 6.61 Å². The van der Waals surface area contributed by atoms with Crippen LogP contribution in [0.15, 0.2) is 30.3 Å². The van der Waals surface area contributed by atoms with E-state index in [2.05, 4.69) is 37.3 Å². The van der Waals surface area contributed by atoms with E-state index < -0.39 is 0 Å². The van der Waals surface area contributed by atoms with Crippen LogP contribution in [0.5, 0.6) is 0 Å². The Kier molecular flexibility index (Phi) is 1.37. The van der Waals surface area contributed by atoms with Crippen molar-refractivity contribution >= 4 is 0 Å². The normalized spacial score (nSPS) is 41.6. The lowest BCUT2D eigenvalue weighted by Crippen LogP contribution is -2.01. The molecule has 3 rings (SSSR count). The topological polar surface area (TPSA) is 9.23 Å². The Bertz CT molecular complexity index is 319. The summed E-state index contributed by atoms with van der Waals surface area (Å²) in [5.74, 6) is 0.787. The van der Waals surface area contributed by atoms with Crippen LogP contribution >= 0.6 is 0 Å². The zero-order chi connectivity index (χ0) is 8.89. The maximum atomic E-state index is 5.80. The zero-order valence-corrected chi connectivity index (χ0v) is 7.86. The summed E-state index contributed by atoms with van der Waals surface area (Å²) in [6.07, 6.45) is 1.73. The molecule has 1 aliphatic heterocycles. The quantitative estimate of drug-likeness (QED) is 0.636. The second-order valence-electron chi connectivity index (χ2n) is 4.61. The first-order valence-corrected chi connectivity index (χ1v) is 4.96. The molecule has 2 aliphatic rings. The molecule has 1 heterocycles. The maximum Gasteiger partial charge on any atom is 0.0859 e. The van der Waals surface area contributed by atoms with Gasteiger partial charge in [-0.05, 0) is 23.3 Å². The van der Waals surface area contributed by atoms with Crippen LogP contribution in [0, 0.1) is 11.3 Å². The maximum absolute atomic E-state index is 5.80. The van der Waals surface area contributed by atoms with E-state index in [1.807, 2.05) is 0 Å². The van der Waals surface area contributed by atoms with Gasteiger partial charge in [0.25, 0.3) is 0 Å². The van der Waals surface area contributed by atoms with Crippen molar-refractivity contribution in [1.82, 2.24) is 0 Å². The highest BCUT2D eigenvalue weighted by Gasteiger charge is 2.59. The second kappa shape index (κ2) is 2.36. The van der Waals surface area contributed by atoms with E-state index in [0.717, 1.165) is 12.5 Å². The third-order valence-corrected chi connectivity index (χ3v) is 3.51. The number of ether oxygens (including phenoxy) is 1. The van der Waals surface area contributed by atoms with Gasteiger partial charge in [-0.15, -0.1) is 0 Å². The Hall–Kier alpha value is -0.820. The highest BCUT2D eigenvalue weighted by Crippen LogP contribution is 2.64. The van der Waals surface area contributed by atoms with E-state index in [4.69, 9.17) is 4.74 Å². The van der Waals surface area contributed by atoms with Crippen molar-refractivity contribution in [3.8, 4) is 0 Å². The minimum atomic E-state index is 0.381. The van der Waals surface area contributed by atoms with Gasteiger partial charge in [-0.1, -0.05) is 37.3 Å². The molecule has 1 heteroatoms. The molecule has 0 spiro atoms. The van der Waals surface area contributed by atoms with E-state index in [9.17, 15) is 0 Å². The lowest BCUT2D eigenvalue weighted by Gasteiger charge is -2.11. The summed E-state index contributed by atoms with van der Waals surface area (Å²) in [5, 5.41) is 0. The lowest BCUT2D eigenvalue weighted by molar-refractivity contribution is 0.0725.